The molecular formula is C7H8O3. The molecule has 1 rings (SSSR count). The predicted octanol–water partition coefficient (Wildman–Crippen LogP) is 0.627. The van der Waals surface area contributed by atoms with E-state index in [1.165, 1.54) is 6.26 Å². The van der Waals surface area contributed by atoms with Crippen LogP contribution in [0.5, 0.6) is 0 Å². The first-order chi connectivity index (χ1) is 4.88. The predicted molar refractivity (Wildman–Crippen MR) is 34.9 cm³/mol. The molecule has 1 aromatic rings. The molecule has 0 fully saturated rings. The van der Waals surface area contributed by atoms with Crippen molar-refractivity contribution in [2.75, 3.05) is 6.61 Å². The number of furan rings is 1. The molecule has 10 heavy (non-hydrogen) atoms. The Bertz CT molecular complexity index is 214. The number of rotatable bonds is 3. The zero-order valence-electron chi connectivity index (χ0n) is 5.41. The van der Waals surface area contributed by atoms with Gasteiger partial charge in [-0.3, -0.25) is 4.79 Å². The van der Waals surface area contributed by atoms with Crippen LogP contribution >= 0.6 is 0 Å². The second-order valence-electron chi connectivity index (χ2n) is 1.89. The third-order valence-corrected chi connectivity index (χ3v) is 1.25. The van der Waals surface area contributed by atoms with Gasteiger partial charge in [0, 0.05) is 6.42 Å². The van der Waals surface area contributed by atoms with Crippen LogP contribution in [0.15, 0.2) is 16.7 Å². The number of hydrogen-bond acceptors (Lipinski definition) is 3. The first-order valence-electron chi connectivity index (χ1n) is 3.01. The van der Waals surface area contributed by atoms with Crippen LogP contribution in [-0.4, -0.2) is 18.0 Å². The molecule has 0 unspecified atom stereocenters. The highest BCUT2D eigenvalue weighted by Crippen LogP contribution is 2.07. The van der Waals surface area contributed by atoms with E-state index in [9.17, 15) is 4.79 Å². The molecule has 3 heteroatoms. The molecule has 0 bridgehead atoms. The van der Waals surface area contributed by atoms with E-state index in [0.717, 1.165) is 0 Å². The average molecular weight is 140 g/mol. The molecule has 0 spiro atoms. The minimum atomic E-state index is 0.00829. The second-order valence-corrected chi connectivity index (χ2v) is 1.89. The molecule has 0 atom stereocenters. The van der Waals surface area contributed by atoms with Crippen molar-refractivity contribution in [3.8, 4) is 0 Å². The number of aldehydes is 1. The van der Waals surface area contributed by atoms with Crippen LogP contribution in [0, 0.1) is 0 Å². The quantitative estimate of drug-likeness (QED) is 0.626. The first-order valence-corrected chi connectivity index (χ1v) is 3.01. The van der Waals surface area contributed by atoms with Crippen molar-refractivity contribution in [1.82, 2.24) is 0 Å². The highest BCUT2D eigenvalue weighted by molar-refractivity contribution is 5.75. The Morgan fingerprint density at radius 1 is 1.70 bits per heavy atom. The van der Waals surface area contributed by atoms with Gasteiger partial charge in [-0.05, 0) is 6.07 Å². The van der Waals surface area contributed by atoms with E-state index in [4.69, 9.17) is 9.52 Å². The third-order valence-electron chi connectivity index (χ3n) is 1.25. The van der Waals surface area contributed by atoms with Crippen molar-refractivity contribution in [2.24, 2.45) is 0 Å². The summed E-state index contributed by atoms with van der Waals surface area (Å²) in [5, 5.41) is 8.48. The van der Waals surface area contributed by atoms with Gasteiger partial charge in [0.05, 0.1) is 18.4 Å². The summed E-state index contributed by atoms with van der Waals surface area (Å²) in [4.78, 5) is 10.2. The van der Waals surface area contributed by atoms with Gasteiger partial charge in [0.2, 0.25) is 0 Å². The van der Waals surface area contributed by atoms with E-state index >= 15 is 0 Å². The van der Waals surface area contributed by atoms with Crippen molar-refractivity contribution in [3.05, 3.63) is 23.7 Å². The van der Waals surface area contributed by atoms with Crippen molar-refractivity contribution < 1.29 is 14.3 Å². The van der Waals surface area contributed by atoms with E-state index in [1.54, 1.807) is 6.07 Å². The molecule has 54 valence electrons. The van der Waals surface area contributed by atoms with Crippen molar-refractivity contribution in [3.63, 3.8) is 0 Å². The number of aliphatic hydroxyl groups excluding tert-OH is 1. The second kappa shape index (κ2) is 3.17. The Balaban J connectivity index is 2.79. The molecule has 3 nitrogen and oxygen atoms in total. The van der Waals surface area contributed by atoms with E-state index in [1.807, 2.05) is 0 Å². The fourth-order valence-corrected chi connectivity index (χ4v) is 0.760. The third kappa shape index (κ3) is 1.25. The number of aliphatic hydroxyl groups is 1. The summed E-state index contributed by atoms with van der Waals surface area (Å²) in [6, 6.07) is 1.58. The summed E-state index contributed by atoms with van der Waals surface area (Å²) >= 11 is 0. The standard InChI is InChI=1S/C7H8O3/c8-3-1-7-6(5-9)2-4-10-7/h2,4-5,8H,1,3H2. The molecule has 0 aliphatic heterocycles. The minimum Gasteiger partial charge on any atom is -0.468 e. The number of hydrogen-bond donors (Lipinski definition) is 1. The molecule has 0 amide bonds. The monoisotopic (exact) mass is 140 g/mol. The Kier molecular flexibility index (Phi) is 2.23. The normalized spacial score (nSPS) is 9.70. The molecule has 0 aliphatic rings. The molecular weight excluding hydrogens is 132 g/mol. The van der Waals surface area contributed by atoms with Gasteiger partial charge in [-0.25, -0.2) is 0 Å². The molecule has 0 radical (unpaired) electrons. The molecule has 0 saturated carbocycles. The molecule has 1 heterocycles. The van der Waals surface area contributed by atoms with Crippen LogP contribution in [0.1, 0.15) is 16.1 Å². The van der Waals surface area contributed by atoms with E-state index in [2.05, 4.69) is 0 Å². The number of carbonyl (C=O) groups is 1. The minimum absolute atomic E-state index is 0.00829. The molecule has 0 saturated heterocycles. The van der Waals surface area contributed by atoms with Gasteiger partial charge in [-0.1, -0.05) is 0 Å². The maximum atomic E-state index is 10.2. The fraction of sp³-hybridized carbons (Fsp3) is 0.286. The summed E-state index contributed by atoms with van der Waals surface area (Å²) < 4.78 is 4.90. The highest BCUT2D eigenvalue weighted by Gasteiger charge is 2.02. The zero-order chi connectivity index (χ0) is 7.40. The molecule has 1 N–H and O–H groups in total. The highest BCUT2D eigenvalue weighted by atomic mass is 16.3. The molecule has 0 aliphatic carbocycles. The van der Waals surface area contributed by atoms with Crippen LogP contribution in [-0.2, 0) is 6.42 Å². The van der Waals surface area contributed by atoms with Crippen molar-refractivity contribution in [1.29, 1.82) is 0 Å². The Labute approximate surface area is 58.3 Å². The van der Waals surface area contributed by atoms with Gasteiger partial charge < -0.3 is 9.52 Å². The van der Waals surface area contributed by atoms with Gasteiger partial charge in [-0.2, -0.15) is 0 Å². The van der Waals surface area contributed by atoms with Gasteiger partial charge >= 0.3 is 0 Å². The van der Waals surface area contributed by atoms with Gasteiger partial charge in [0.15, 0.2) is 6.29 Å². The lowest BCUT2D eigenvalue weighted by molar-refractivity contribution is 0.112. The van der Waals surface area contributed by atoms with E-state index in [-0.39, 0.29) is 6.61 Å². The summed E-state index contributed by atoms with van der Waals surface area (Å²) in [5.74, 6) is 0.553. The molecule has 0 aromatic carbocycles. The van der Waals surface area contributed by atoms with Crippen LogP contribution in [0.2, 0.25) is 0 Å². The lowest BCUT2D eigenvalue weighted by atomic mass is 10.2. The summed E-state index contributed by atoms with van der Waals surface area (Å²) in [7, 11) is 0. The SMILES string of the molecule is O=Cc1ccoc1CCO. The Hall–Kier alpha value is -1.09. The van der Waals surface area contributed by atoms with E-state index in [0.29, 0.717) is 24.0 Å². The van der Waals surface area contributed by atoms with Crippen LogP contribution < -0.4 is 0 Å². The van der Waals surface area contributed by atoms with Crippen molar-refractivity contribution in [2.45, 2.75) is 6.42 Å². The maximum Gasteiger partial charge on any atom is 0.153 e. The smallest absolute Gasteiger partial charge is 0.153 e. The molecule has 1 aromatic heterocycles. The lowest BCUT2D eigenvalue weighted by Crippen LogP contribution is -1.91. The maximum absolute atomic E-state index is 10.2. The van der Waals surface area contributed by atoms with Gasteiger partial charge in [0.25, 0.3) is 0 Å². The number of carbonyl (C=O) groups excluding carboxylic acids is 1. The van der Waals surface area contributed by atoms with Crippen LogP contribution in [0.3, 0.4) is 0 Å². The van der Waals surface area contributed by atoms with Crippen LogP contribution in [0.4, 0.5) is 0 Å². The average Bonchev–Trinajstić information content (AvgIpc) is 2.36. The summed E-state index contributed by atoms with van der Waals surface area (Å²) in [5.41, 5.74) is 0.522. The fourth-order valence-electron chi connectivity index (χ4n) is 0.760. The van der Waals surface area contributed by atoms with Crippen LogP contribution in [0.25, 0.3) is 0 Å². The zero-order valence-corrected chi connectivity index (χ0v) is 5.41. The first kappa shape index (κ1) is 7.02. The van der Waals surface area contributed by atoms with Gasteiger partial charge in [-0.15, -0.1) is 0 Å². The van der Waals surface area contributed by atoms with Gasteiger partial charge in [0.1, 0.15) is 5.76 Å². The topological polar surface area (TPSA) is 50.4 Å². The van der Waals surface area contributed by atoms with E-state index < -0.39 is 0 Å². The van der Waals surface area contributed by atoms with Crippen molar-refractivity contribution >= 4 is 6.29 Å². The summed E-state index contributed by atoms with van der Waals surface area (Å²) in [6.07, 6.45) is 2.56. The largest absolute Gasteiger partial charge is 0.468 e. The Morgan fingerprint density at radius 3 is 3.10 bits per heavy atom. The Morgan fingerprint density at radius 2 is 2.50 bits per heavy atom. The summed E-state index contributed by atoms with van der Waals surface area (Å²) in [6.45, 7) is 0.00829. The lowest BCUT2D eigenvalue weighted by Gasteiger charge is -1.90.